The largest absolute Gasteiger partial charge is 0.493 e. The third-order valence-corrected chi connectivity index (χ3v) is 4.26. The van der Waals surface area contributed by atoms with Crippen molar-refractivity contribution in [2.45, 2.75) is 19.4 Å². The van der Waals surface area contributed by atoms with E-state index in [2.05, 4.69) is 4.98 Å². The third-order valence-electron chi connectivity index (χ3n) is 3.34. The lowest BCUT2D eigenvalue weighted by molar-refractivity contribution is 0.0783. The number of thiazole rings is 1. The van der Waals surface area contributed by atoms with Gasteiger partial charge in [-0.15, -0.1) is 0 Å². The third kappa shape index (κ3) is 2.91. The summed E-state index contributed by atoms with van der Waals surface area (Å²) in [6, 6.07) is 13.3. The van der Waals surface area contributed by atoms with E-state index in [9.17, 15) is 5.11 Å². The van der Waals surface area contributed by atoms with Crippen molar-refractivity contribution in [3.05, 3.63) is 48.0 Å². The Labute approximate surface area is 133 Å². The summed E-state index contributed by atoms with van der Waals surface area (Å²) in [5, 5.41) is 10.6. The molecular weight excluding hydrogens is 298 g/mol. The standard InChI is InChI=1S/C17H17NO3S/c1-17(2,19)11-8-9-13(14(10-11)20-3)21-16-18-12-6-4-5-7-15(12)22-16/h4-10,19H,1-3H3. The molecule has 3 aromatic rings. The topological polar surface area (TPSA) is 51.6 Å². The molecule has 0 amide bonds. The molecule has 0 bridgehead atoms. The van der Waals surface area contributed by atoms with Crippen LogP contribution in [0.1, 0.15) is 19.4 Å². The maximum absolute atomic E-state index is 10.1. The van der Waals surface area contributed by atoms with Crippen LogP contribution in [0.15, 0.2) is 42.5 Å². The van der Waals surface area contributed by atoms with Gasteiger partial charge in [0.2, 0.25) is 0 Å². The van der Waals surface area contributed by atoms with Crippen molar-refractivity contribution in [3.63, 3.8) is 0 Å². The van der Waals surface area contributed by atoms with Crippen molar-refractivity contribution in [1.82, 2.24) is 4.98 Å². The highest BCUT2D eigenvalue weighted by Gasteiger charge is 2.19. The lowest BCUT2D eigenvalue weighted by Gasteiger charge is -2.19. The number of hydrogen-bond donors (Lipinski definition) is 1. The van der Waals surface area contributed by atoms with Gasteiger partial charge >= 0.3 is 0 Å². The molecule has 0 aliphatic rings. The van der Waals surface area contributed by atoms with Gasteiger partial charge in [-0.25, -0.2) is 4.98 Å². The van der Waals surface area contributed by atoms with E-state index in [0.29, 0.717) is 16.7 Å². The molecule has 3 rings (SSSR count). The predicted octanol–water partition coefficient (Wildman–Crippen LogP) is 4.32. The summed E-state index contributed by atoms with van der Waals surface area (Å²) in [7, 11) is 1.58. The number of aromatic nitrogens is 1. The number of para-hydroxylation sites is 1. The number of rotatable bonds is 4. The second-order valence-corrected chi connectivity index (χ2v) is 6.47. The molecule has 5 heteroatoms. The maximum atomic E-state index is 10.1. The van der Waals surface area contributed by atoms with Crippen LogP contribution >= 0.6 is 11.3 Å². The number of nitrogens with zero attached hydrogens (tertiary/aromatic N) is 1. The van der Waals surface area contributed by atoms with E-state index in [4.69, 9.17) is 9.47 Å². The minimum atomic E-state index is -0.929. The Morgan fingerprint density at radius 3 is 2.55 bits per heavy atom. The molecule has 1 N–H and O–H groups in total. The molecular formula is C17H17NO3S. The average molecular weight is 315 g/mol. The Balaban J connectivity index is 1.94. The van der Waals surface area contributed by atoms with Gasteiger partial charge in [-0.1, -0.05) is 29.5 Å². The Hall–Kier alpha value is -2.11. The van der Waals surface area contributed by atoms with Crippen molar-refractivity contribution >= 4 is 21.6 Å². The Morgan fingerprint density at radius 2 is 1.86 bits per heavy atom. The zero-order chi connectivity index (χ0) is 15.7. The van der Waals surface area contributed by atoms with Crippen LogP contribution in [0.5, 0.6) is 16.7 Å². The van der Waals surface area contributed by atoms with Crippen molar-refractivity contribution in [2.75, 3.05) is 7.11 Å². The number of aliphatic hydroxyl groups is 1. The second kappa shape index (κ2) is 5.59. The first-order valence-electron chi connectivity index (χ1n) is 6.92. The average Bonchev–Trinajstić information content (AvgIpc) is 2.88. The van der Waals surface area contributed by atoms with E-state index < -0.39 is 5.60 Å². The number of benzene rings is 2. The quantitative estimate of drug-likeness (QED) is 0.779. The molecule has 22 heavy (non-hydrogen) atoms. The van der Waals surface area contributed by atoms with Gasteiger partial charge in [-0.3, -0.25) is 0 Å². The normalized spacial score (nSPS) is 11.6. The van der Waals surface area contributed by atoms with Gasteiger partial charge in [0.25, 0.3) is 5.19 Å². The van der Waals surface area contributed by atoms with Gasteiger partial charge in [0.15, 0.2) is 11.5 Å². The van der Waals surface area contributed by atoms with Crippen molar-refractivity contribution < 1.29 is 14.6 Å². The molecule has 4 nitrogen and oxygen atoms in total. The summed E-state index contributed by atoms with van der Waals surface area (Å²) < 4.78 is 12.3. The van der Waals surface area contributed by atoms with Gasteiger partial charge in [0, 0.05) is 0 Å². The van der Waals surface area contributed by atoms with E-state index in [1.807, 2.05) is 30.3 Å². The van der Waals surface area contributed by atoms with E-state index in [-0.39, 0.29) is 0 Å². The zero-order valence-electron chi connectivity index (χ0n) is 12.7. The molecule has 0 aliphatic carbocycles. The summed E-state index contributed by atoms with van der Waals surface area (Å²) in [5.41, 5.74) is 0.748. The summed E-state index contributed by atoms with van der Waals surface area (Å²) in [4.78, 5) is 4.45. The smallest absolute Gasteiger partial charge is 0.279 e. The lowest BCUT2D eigenvalue weighted by atomic mass is 9.98. The summed E-state index contributed by atoms with van der Waals surface area (Å²) >= 11 is 1.48. The van der Waals surface area contributed by atoms with Crippen LogP contribution in [0.4, 0.5) is 0 Å². The minimum Gasteiger partial charge on any atom is -0.493 e. The molecule has 0 radical (unpaired) electrons. The first-order chi connectivity index (χ1) is 10.5. The molecule has 0 atom stereocenters. The zero-order valence-corrected chi connectivity index (χ0v) is 13.5. The molecule has 0 saturated heterocycles. The molecule has 0 fully saturated rings. The molecule has 0 spiro atoms. The molecule has 2 aromatic carbocycles. The first kappa shape index (κ1) is 14.8. The molecule has 1 heterocycles. The highest BCUT2D eigenvalue weighted by atomic mass is 32.1. The highest BCUT2D eigenvalue weighted by Crippen LogP contribution is 2.37. The molecule has 0 unspecified atom stereocenters. The molecule has 1 aromatic heterocycles. The van der Waals surface area contributed by atoms with E-state index in [0.717, 1.165) is 15.8 Å². The SMILES string of the molecule is COc1cc(C(C)(C)O)ccc1Oc1nc2ccccc2s1. The predicted molar refractivity (Wildman–Crippen MR) is 87.9 cm³/mol. The fourth-order valence-electron chi connectivity index (χ4n) is 2.12. The number of ether oxygens (including phenoxy) is 2. The van der Waals surface area contributed by atoms with Crippen LogP contribution < -0.4 is 9.47 Å². The number of methoxy groups -OCH3 is 1. The number of hydrogen-bond acceptors (Lipinski definition) is 5. The van der Waals surface area contributed by atoms with Gasteiger partial charge in [-0.2, -0.15) is 0 Å². The Bertz CT molecular complexity index is 772. The molecule has 0 aliphatic heterocycles. The van der Waals surface area contributed by atoms with E-state index >= 15 is 0 Å². The van der Waals surface area contributed by atoms with Gasteiger partial charge in [0.05, 0.1) is 22.9 Å². The number of fused-ring (bicyclic) bond motifs is 1. The van der Waals surface area contributed by atoms with Crippen LogP contribution in [0, 0.1) is 0 Å². The van der Waals surface area contributed by atoms with Crippen LogP contribution in [-0.2, 0) is 5.60 Å². The van der Waals surface area contributed by atoms with Gasteiger partial charge in [0.1, 0.15) is 0 Å². The second-order valence-electron chi connectivity index (χ2n) is 5.47. The fourth-order valence-corrected chi connectivity index (χ4v) is 2.95. The van der Waals surface area contributed by atoms with Crippen molar-refractivity contribution in [3.8, 4) is 16.7 Å². The summed E-state index contributed by atoms with van der Waals surface area (Å²) in [6.45, 7) is 3.46. The van der Waals surface area contributed by atoms with E-state index in [1.54, 1.807) is 33.1 Å². The van der Waals surface area contributed by atoms with Gasteiger partial charge < -0.3 is 14.6 Å². The fraction of sp³-hybridized carbons (Fsp3) is 0.235. The minimum absolute atomic E-state index is 0.565. The first-order valence-corrected chi connectivity index (χ1v) is 7.73. The van der Waals surface area contributed by atoms with Crippen LogP contribution in [0.25, 0.3) is 10.2 Å². The Morgan fingerprint density at radius 1 is 1.09 bits per heavy atom. The maximum Gasteiger partial charge on any atom is 0.279 e. The lowest BCUT2D eigenvalue weighted by Crippen LogP contribution is -2.15. The van der Waals surface area contributed by atoms with Crippen LogP contribution in [-0.4, -0.2) is 17.2 Å². The molecule has 114 valence electrons. The van der Waals surface area contributed by atoms with Crippen LogP contribution in [0.2, 0.25) is 0 Å². The highest BCUT2D eigenvalue weighted by molar-refractivity contribution is 7.20. The van der Waals surface area contributed by atoms with Crippen molar-refractivity contribution in [1.29, 1.82) is 0 Å². The summed E-state index contributed by atoms with van der Waals surface area (Å²) in [5.74, 6) is 1.15. The van der Waals surface area contributed by atoms with E-state index in [1.165, 1.54) is 11.3 Å². The molecule has 0 saturated carbocycles. The van der Waals surface area contributed by atoms with Crippen LogP contribution in [0.3, 0.4) is 0 Å². The van der Waals surface area contributed by atoms with Crippen molar-refractivity contribution in [2.24, 2.45) is 0 Å². The van der Waals surface area contributed by atoms with Gasteiger partial charge in [-0.05, 0) is 43.7 Å². The monoisotopic (exact) mass is 315 g/mol. The Kier molecular flexibility index (Phi) is 3.76. The summed E-state index contributed by atoms with van der Waals surface area (Å²) in [6.07, 6.45) is 0.